The topological polar surface area (TPSA) is 101 Å². The number of nitro groups is 1. The third kappa shape index (κ3) is 4.53. The van der Waals surface area contributed by atoms with Gasteiger partial charge in [-0.15, -0.1) is 0 Å². The summed E-state index contributed by atoms with van der Waals surface area (Å²) in [5.74, 6) is -0.665. The van der Waals surface area contributed by atoms with Gasteiger partial charge >= 0.3 is 5.69 Å². The number of nitro benzene ring substituents is 1. The first-order valence-corrected chi connectivity index (χ1v) is 10.8. The standard InChI is InChI=1S/C19H20FN3O5S/c1-29(27,28)17-8-4-7-16(19(17)23(25)26)21-9-11-22(12-10-21)18(24)13-14-5-2-3-6-15(14)20/h2-8H,9-13H2,1H3. The van der Waals surface area contributed by atoms with Crippen molar-refractivity contribution < 1.29 is 22.5 Å². The summed E-state index contributed by atoms with van der Waals surface area (Å²) in [5.41, 5.74) is 0.0664. The molecule has 154 valence electrons. The molecule has 0 N–H and O–H groups in total. The highest BCUT2D eigenvalue weighted by molar-refractivity contribution is 7.90. The molecule has 3 rings (SSSR count). The molecule has 0 aromatic heterocycles. The zero-order valence-electron chi connectivity index (χ0n) is 15.7. The Morgan fingerprint density at radius 1 is 1.10 bits per heavy atom. The van der Waals surface area contributed by atoms with E-state index in [-0.39, 0.29) is 22.9 Å². The fourth-order valence-corrected chi connectivity index (χ4v) is 4.22. The molecule has 1 heterocycles. The van der Waals surface area contributed by atoms with Crippen LogP contribution in [-0.4, -0.2) is 56.6 Å². The molecule has 1 saturated heterocycles. The van der Waals surface area contributed by atoms with E-state index in [1.165, 1.54) is 24.3 Å². The van der Waals surface area contributed by atoms with Gasteiger partial charge in [0, 0.05) is 32.4 Å². The molecule has 0 spiro atoms. The van der Waals surface area contributed by atoms with Crippen LogP contribution in [0.5, 0.6) is 0 Å². The van der Waals surface area contributed by atoms with Crippen molar-refractivity contribution >= 4 is 27.1 Å². The molecule has 0 bridgehead atoms. The predicted molar refractivity (Wildman–Crippen MR) is 105 cm³/mol. The summed E-state index contributed by atoms with van der Waals surface area (Å²) >= 11 is 0. The van der Waals surface area contributed by atoms with Crippen LogP contribution < -0.4 is 4.90 Å². The van der Waals surface area contributed by atoms with Crippen LogP contribution in [0.3, 0.4) is 0 Å². The van der Waals surface area contributed by atoms with Gasteiger partial charge < -0.3 is 9.80 Å². The van der Waals surface area contributed by atoms with Gasteiger partial charge in [-0.25, -0.2) is 12.8 Å². The molecule has 0 saturated carbocycles. The van der Waals surface area contributed by atoms with Crippen LogP contribution in [0.25, 0.3) is 0 Å². The van der Waals surface area contributed by atoms with Crippen LogP contribution in [0, 0.1) is 15.9 Å². The highest BCUT2D eigenvalue weighted by Crippen LogP contribution is 2.35. The molecule has 1 aliphatic heterocycles. The summed E-state index contributed by atoms with van der Waals surface area (Å²) in [6, 6.07) is 10.3. The molecule has 0 radical (unpaired) electrons. The van der Waals surface area contributed by atoms with E-state index in [9.17, 15) is 27.7 Å². The summed E-state index contributed by atoms with van der Waals surface area (Å²) in [7, 11) is -3.77. The minimum Gasteiger partial charge on any atom is -0.362 e. The molecule has 2 aromatic rings. The van der Waals surface area contributed by atoms with Crippen LogP contribution in [0.2, 0.25) is 0 Å². The summed E-state index contributed by atoms with van der Waals surface area (Å²) in [6.07, 6.45) is 0.870. The van der Waals surface area contributed by atoms with Gasteiger partial charge in [0.2, 0.25) is 5.91 Å². The van der Waals surface area contributed by atoms with E-state index in [0.717, 1.165) is 6.26 Å². The maximum absolute atomic E-state index is 13.8. The fraction of sp³-hybridized carbons (Fsp3) is 0.316. The van der Waals surface area contributed by atoms with E-state index in [1.54, 1.807) is 28.0 Å². The number of carbonyl (C=O) groups excluding carboxylic acids is 1. The smallest absolute Gasteiger partial charge is 0.311 e. The number of sulfone groups is 1. The minimum atomic E-state index is -3.77. The Hall–Kier alpha value is -3.01. The molecule has 0 unspecified atom stereocenters. The van der Waals surface area contributed by atoms with E-state index in [1.807, 2.05) is 0 Å². The van der Waals surface area contributed by atoms with Gasteiger partial charge in [0.1, 0.15) is 16.4 Å². The number of anilines is 1. The largest absolute Gasteiger partial charge is 0.362 e. The number of hydrogen-bond acceptors (Lipinski definition) is 6. The third-order valence-corrected chi connectivity index (χ3v) is 5.96. The Kier molecular flexibility index (Phi) is 5.83. The summed E-state index contributed by atoms with van der Waals surface area (Å²) in [4.78, 5) is 26.3. The van der Waals surface area contributed by atoms with Gasteiger partial charge in [-0.05, 0) is 23.8 Å². The number of carbonyl (C=O) groups is 1. The lowest BCUT2D eigenvalue weighted by atomic mass is 10.1. The van der Waals surface area contributed by atoms with Crippen LogP contribution in [0.4, 0.5) is 15.8 Å². The second-order valence-electron chi connectivity index (χ2n) is 6.79. The minimum absolute atomic E-state index is 0.0591. The van der Waals surface area contributed by atoms with E-state index >= 15 is 0 Å². The van der Waals surface area contributed by atoms with Crippen molar-refractivity contribution in [1.29, 1.82) is 0 Å². The maximum Gasteiger partial charge on any atom is 0.311 e. The monoisotopic (exact) mass is 421 g/mol. The fourth-order valence-electron chi connectivity index (χ4n) is 3.36. The Balaban J connectivity index is 1.75. The average Bonchev–Trinajstić information content (AvgIpc) is 2.68. The molecule has 8 nitrogen and oxygen atoms in total. The summed E-state index contributed by atoms with van der Waals surface area (Å²) < 4.78 is 37.6. The lowest BCUT2D eigenvalue weighted by Crippen LogP contribution is -2.49. The number of hydrogen-bond donors (Lipinski definition) is 0. The Morgan fingerprint density at radius 2 is 1.76 bits per heavy atom. The van der Waals surface area contributed by atoms with Gasteiger partial charge in [0.25, 0.3) is 0 Å². The first-order valence-electron chi connectivity index (χ1n) is 8.92. The third-order valence-electron chi connectivity index (χ3n) is 4.83. The first-order chi connectivity index (χ1) is 13.7. The molecule has 2 aromatic carbocycles. The Bertz CT molecular complexity index is 1050. The second kappa shape index (κ2) is 8.16. The number of rotatable bonds is 5. The first kappa shape index (κ1) is 20.7. The number of para-hydroxylation sites is 1. The van der Waals surface area contributed by atoms with Gasteiger partial charge in [-0.3, -0.25) is 14.9 Å². The Morgan fingerprint density at radius 3 is 2.34 bits per heavy atom. The zero-order chi connectivity index (χ0) is 21.2. The predicted octanol–water partition coefficient (Wildman–Crippen LogP) is 2.03. The highest BCUT2D eigenvalue weighted by Gasteiger charge is 2.31. The number of halogens is 1. The maximum atomic E-state index is 13.8. The quantitative estimate of drug-likeness (QED) is 0.541. The lowest BCUT2D eigenvalue weighted by Gasteiger charge is -2.36. The van der Waals surface area contributed by atoms with Gasteiger partial charge in [0.05, 0.1) is 11.3 Å². The van der Waals surface area contributed by atoms with Gasteiger partial charge in [-0.2, -0.15) is 0 Å². The second-order valence-corrected chi connectivity index (χ2v) is 8.77. The van der Waals surface area contributed by atoms with Gasteiger partial charge in [-0.1, -0.05) is 24.3 Å². The van der Waals surface area contributed by atoms with Crippen molar-refractivity contribution in [2.24, 2.45) is 0 Å². The van der Waals surface area contributed by atoms with E-state index in [2.05, 4.69) is 0 Å². The van der Waals surface area contributed by atoms with Crippen LogP contribution in [0.1, 0.15) is 5.56 Å². The summed E-state index contributed by atoms with van der Waals surface area (Å²) in [6.45, 7) is 1.20. The molecule has 1 amide bonds. The number of amides is 1. The molecule has 1 fully saturated rings. The van der Waals surface area contributed by atoms with E-state index < -0.39 is 26.3 Å². The highest BCUT2D eigenvalue weighted by atomic mass is 32.2. The van der Waals surface area contributed by atoms with Gasteiger partial charge in [0.15, 0.2) is 9.84 Å². The molecular weight excluding hydrogens is 401 g/mol. The molecule has 29 heavy (non-hydrogen) atoms. The van der Waals surface area contributed by atoms with Crippen LogP contribution in [0.15, 0.2) is 47.4 Å². The average molecular weight is 421 g/mol. The normalized spacial score (nSPS) is 14.7. The van der Waals surface area contributed by atoms with Crippen molar-refractivity contribution in [2.45, 2.75) is 11.3 Å². The van der Waals surface area contributed by atoms with E-state index in [4.69, 9.17) is 0 Å². The molecule has 1 aliphatic rings. The van der Waals surface area contributed by atoms with Crippen molar-refractivity contribution in [3.63, 3.8) is 0 Å². The SMILES string of the molecule is CS(=O)(=O)c1cccc(N2CCN(C(=O)Cc3ccccc3F)CC2)c1[N+](=O)[O-]. The molecule has 10 heteroatoms. The molecule has 0 atom stereocenters. The molecular formula is C19H20FN3O5S. The number of benzene rings is 2. The zero-order valence-corrected chi connectivity index (χ0v) is 16.6. The van der Waals surface area contributed by atoms with Crippen LogP contribution >= 0.6 is 0 Å². The lowest BCUT2D eigenvalue weighted by molar-refractivity contribution is -0.387. The molecule has 0 aliphatic carbocycles. The van der Waals surface area contributed by atoms with Crippen molar-refractivity contribution in [3.05, 3.63) is 64.0 Å². The Labute approximate surface area is 167 Å². The number of piperazine rings is 1. The number of nitrogens with zero attached hydrogens (tertiary/aromatic N) is 3. The van der Waals surface area contributed by atoms with E-state index in [0.29, 0.717) is 31.7 Å². The van der Waals surface area contributed by atoms with Crippen LogP contribution in [-0.2, 0) is 21.1 Å². The summed E-state index contributed by atoms with van der Waals surface area (Å²) in [5, 5.41) is 11.6. The van der Waals surface area contributed by atoms with Crippen molar-refractivity contribution in [1.82, 2.24) is 4.90 Å². The van der Waals surface area contributed by atoms with Crippen molar-refractivity contribution in [3.8, 4) is 0 Å². The van der Waals surface area contributed by atoms with Crippen molar-refractivity contribution in [2.75, 3.05) is 37.3 Å².